The van der Waals surface area contributed by atoms with Gasteiger partial charge in [-0.3, -0.25) is 0 Å². The molecule has 2 aromatic heterocycles. The molecular weight excluding hydrogens is 508 g/mol. The molecule has 9 nitrogen and oxygen atoms in total. The number of sulfone groups is 1. The number of hydrogen-bond donors (Lipinski definition) is 2. The second kappa shape index (κ2) is 10.5. The van der Waals surface area contributed by atoms with Crippen LogP contribution in [0, 0.1) is 0 Å². The molecule has 11 heteroatoms. The first kappa shape index (κ1) is 25.2. The lowest BCUT2D eigenvalue weighted by atomic mass is 10.2. The molecule has 0 spiro atoms. The van der Waals surface area contributed by atoms with Crippen LogP contribution in [0.3, 0.4) is 0 Å². The number of fused-ring (bicyclic) bond motifs is 1. The molecule has 37 heavy (non-hydrogen) atoms. The molecule has 5 rings (SSSR count). The smallest absolute Gasteiger partial charge is 0.229 e. The average molecular weight is 539 g/mol. The average Bonchev–Trinajstić information content (AvgIpc) is 3.34. The Morgan fingerprint density at radius 1 is 1.00 bits per heavy atom. The predicted octanol–water partition coefficient (Wildman–Crippen LogP) is 4.48. The fraction of sp³-hybridized carbons (Fsp3) is 0.308. The third-order valence-corrected chi connectivity index (χ3v) is 8.04. The van der Waals surface area contributed by atoms with E-state index in [2.05, 4.69) is 33.5 Å². The number of hydrogen-bond acceptors (Lipinski definition) is 10. The summed E-state index contributed by atoms with van der Waals surface area (Å²) in [5.41, 5.74) is 4.05. The maximum Gasteiger partial charge on any atom is 0.229 e. The molecule has 0 atom stereocenters. The van der Waals surface area contributed by atoms with Crippen molar-refractivity contribution in [1.29, 1.82) is 0 Å². The normalized spacial score (nSPS) is 14.6. The highest BCUT2D eigenvalue weighted by atomic mass is 32.2. The van der Waals surface area contributed by atoms with Crippen LogP contribution in [0.1, 0.15) is 5.56 Å². The number of anilines is 5. The number of para-hydroxylation sites is 1. The van der Waals surface area contributed by atoms with Gasteiger partial charge >= 0.3 is 0 Å². The summed E-state index contributed by atoms with van der Waals surface area (Å²) >= 11 is 1.53. The number of thiophene rings is 1. The van der Waals surface area contributed by atoms with E-state index < -0.39 is 9.84 Å². The number of likely N-dealkylation sites (N-methyl/N-ethyl adjacent to an activating group) is 1. The van der Waals surface area contributed by atoms with E-state index in [4.69, 9.17) is 14.7 Å². The molecule has 2 N–H and O–H groups in total. The first-order valence-corrected chi connectivity index (χ1v) is 14.9. The summed E-state index contributed by atoms with van der Waals surface area (Å²) in [5.74, 6) is 1.67. The van der Waals surface area contributed by atoms with Crippen molar-refractivity contribution in [3.8, 4) is 5.75 Å². The Labute approximate surface area is 221 Å². The van der Waals surface area contributed by atoms with Gasteiger partial charge in [0.1, 0.15) is 5.75 Å². The number of rotatable bonds is 8. The van der Waals surface area contributed by atoms with Crippen LogP contribution < -0.4 is 20.3 Å². The van der Waals surface area contributed by atoms with E-state index >= 15 is 0 Å². The van der Waals surface area contributed by atoms with Gasteiger partial charge in [0.25, 0.3) is 0 Å². The summed E-state index contributed by atoms with van der Waals surface area (Å²) in [4.78, 5) is 14.1. The van der Waals surface area contributed by atoms with Gasteiger partial charge in [-0.2, -0.15) is 4.98 Å². The Morgan fingerprint density at radius 3 is 2.54 bits per heavy atom. The monoisotopic (exact) mass is 538 g/mol. The third-order valence-electron chi connectivity index (χ3n) is 6.29. The van der Waals surface area contributed by atoms with Crippen LogP contribution in [-0.2, 0) is 15.6 Å². The minimum absolute atomic E-state index is 0.0587. The van der Waals surface area contributed by atoms with Gasteiger partial charge in [-0.25, -0.2) is 13.4 Å². The largest absolute Gasteiger partial charge is 0.494 e. The molecule has 0 radical (unpaired) electrons. The van der Waals surface area contributed by atoms with Crippen LogP contribution >= 0.6 is 11.3 Å². The van der Waals surface area contributed by atoms with Crippen LogP contribution in [0.2, 0.25) is 0 Å². The molecule has 1 fully saturated rings. The van der Waals surface area contributed by atoms with Gasteiger partial charge in [0.05, 0.1) is 28.8 Å². The van der Waals surface area contributed by atoms with Crippen LogP contribution in [0.25, 0.3) is 10.2 Å². The van der Waals surface area contributed by atoms with Crippen LogP contribution in [-0.4, -0.2) is 69.9 Å². The van der Waals surface area contributed by atoms with Crippen molar-refractivity contribution in [2.75, 3.05) is 62.1 Å². The molecule has 0 amide bonds. The molecule has 0 unspecified atom stereocenters. The maximum absolute atomic E-state index is 12.0. The lowest BCUT2D eigenvalue weighted by Gasteiger charge is -2.34. The Morgan fingerprint density at radius 2 is 1.78 bits per heavy atom. The van der Waals surface area contributed by atoms with Crippen molar-refractivity contribution in [2.24, 2.45) is 0 Å². The number of benzene rings is 2. The van der Waals surface area contributed by atoms with Crippen molar-refractivity contribution >= 4 is 60.2 Å². The molecule has 0 saturated carbocycles. The van der Waals surface area contributed by atoms with Crippen molar-refractivity contribution < 1.29 is 13.2 Å². The lowest BCUT2D eigenvalue weighted by molar-refractivity contribution is 0.312. The van der Waals surface area contributed by atoms with Crippen molar-refractivity contribution in [3.63, 3.8) is 0 Å². The number of methoxy groups -OCH3 is 1. The van der Waals surface area contributed by atoms with Gasteiger partial charge in [-0.1, -0.05) is 18.2 Å². The Kier molecular flexibility index (Phi) is 7.18. The third kappa shape index (κ3) is 5.95. The molecule has 1 aliphatic heterocycles. The number of piperazine rings is 1. The minimum atomic E-state index is -3.20. The van der Waals surface area contributed by atoms with Gasteiger partial charge in [-0.05, 0) is 42.3 Å². The van der Waals surface area contributed by atoms with E-state index in [0.29, 0.717) is 28.8 Å². The molecule has 194 valence electrons. The van der Waals surface area contributed by atoms with E-state index in [0.717, 1.165) is 47.8 Å². The summed E-state index contributed by atoms with van der Waals surface area (Å²) < 4.78 is 30.5. The first-order chi connectivity index (χ1) is 17.8. The summed E-state index contributed by atoms with van der Waals surface area (Å²) in [6, 6.07) is 15.4. The van der Waals surface area contributed by atoms with E-state index in [-0.39, 0.29) is 5.75 Å². The SMILES string of the molecule is COc1cc(N2CCN(C)CC2)ccc1Nc1nc(Nc2ccccc2CS(C)(=O)=O)c2sccc2n1. The molecule has 3 heterocycles. The topological polar surface area (TPSA) is 99.7 Å². The summed E-state index contributed by atoms with van der Waals surface area (Å²) in [5, 5.41) is 8.62. The quantitative estimate of drug-likeness (QED) is 0.336. The van der Waals surface area contributed by atoms with Crippen LogP contribution in [0.5, 0.6) is 5.75 Å². The first-order valence-electron chi connectivity index (χ1n) is 12.0. The second-order valence-corrected chi connectivity index (χ2v) is 12.2. The number of ether oxygens (including phenoxy) is 1. The summed E-state index contributed by atoms with van der Waals surface area (Å²) in [7, 11) is 0.600. The highest BCUT2D eigenvalue weighted by molar-refractivity contribution is 7.89. The predicted molar refractivity (Wildman–Crippen MR) is 152 cm³/mol. The van der Waals surface area contributed by atoms with Crippen LogP contribution in [0.4, 0.5) is 28.8 Å². The zero-order valence-corrected chi connectivity index (χ0v) is 22.7. The summed E-state index contributed by atoms with van der Waals surface area (Å²) in [6.45, 7) is 4.00. The van der Waals surface area contributed by atoms with Crippen molar-refractivity contribution in [1.82, 2.24) is 14.9 Å². The molecule has 0 bridgehead atoms. The van der Waals surface area contributed by atoms with Crippen molar-refractivity contribution in [3.05, 3.63) is 59.5 Å². The van der Waals surface area contributed by atoms with E-state index in [9.17, 15) is 8.42 Å². The molecule has 2 aromatic carbocycles. The fourth-order valence-electron chi connectivity index (χ4n) is 4.35. The molecule has 4 aromatic rings. The van der Waals surface area contributed by atoms with E-state index in [1.165, 1.54) is 17.6 Å². The highest BCUT2D eigenvalue weighted by Gasteiger charge is 2.18. The maximum atomic E-state index is 12.0. The molecule has 1 aliphatic rings. The molecular formula is C26H30N6O3S2. The number of nitrogens with one attached hydrogen (secondary N) is 2. The van der Waals surface area contributed by atoms with Gasteiger partial charge in [0, 0.05) is 49.9 Å². The molecule has 0 aliphatic carbocycles. The Hall–Kier alpha value is -3.41. The fourth-order valence-corrected chi connectivity index (χ4v) is 5.94. The zero-order chi connectivity index (χ0) is 26.0. The molecule has 1 saturated heterocycles. The summed E-state index contributed by atoms with van der Waals surface area (Å²) in [6.07, 6.45) is 1.23. The minimum Gasteiger partial charge on any atom is -0.494 e. The zero-order valence-electron chi connectivity index (χ0n) is 21.1. The van der Waals surface area contributed by atoms with Gasteiger partial charge in [-0.15, -0.1) is 11.3 Å². The van der Waals surface area contributed by atoms with Gasteiger partial charge in [0.2, 0.25) is 5.95 Å². The van der Waals surface area contributed by atoms with Gasteiger partial charge in [0.15, 0.2) is 15.7 Å². The van der Waals surface area contributed by atoms with Crippen LogP contribution in [0.15, 0.2) is 53.9 Å². The lowest BCUT2D eigenvalue weighted by Crippen LogP contribution is -2.44. The number of aromatic nitrogens is 2. The number of nitrogens with zero attached hydrogens (tertiary/aromatic N) is 4. The highest BCUT2D eigenvalue weighted by Crippen LogP contribution is 2.35. The van der Waals surface area contributed by atoms with Crippen molar-refractivity contribution in [2.45, 2.75) is 5.75 Å². The van der Waals surface area contributed by atoms with E-state index in [1.807, 2.05) is 47.8 Å². The second-order valence-electron chi connectivity index (χ2n) is 9.18. The Balaban J connectivity index is 1.44. The standard InChI is InChI=1S/C26H30N6O3S2/c1-31-11-13-32(14-12-31)19-8-9-21(23(16-19)35-2)28-26-29-22-10-15-36-24(22)25(30-26)27-20-7-5-4-6-18(20)17-37(3,33)34/h4-10,15-16H,11-14,17H2,1-3H3,(H2,27,28,29,30). The van der Waals surface area contributed by atoms with E-state index in [1.54, 1.807) is 7.11 Å². The van der Waals surface area contributed by atoms with Gasteiger partial charge < -0.3 is 25.2 Å². The Bertz CT molecular complexity index is 1510.